The van der Waals surface area contributed by atoms with Crippen LogP contribution in [0.5, 0.6) is 0 Å². The second-order valence-electron chi connectivity index (χ2n) is 8.23. The van der Waals surface area contributed by atoms with Crippen molar-refractivity contribution in [1.29, 1.82) is 0 Å². The summed E-state index contributed by atoms with van der Waals surface area (Å²) in [6, 6.07) is 11.0. The van der Waals surface area contributed by atoms with Gasteiger partial charge in [-0.25, -0.2) is 9.59 Å². The number of nitrogens with zero attached hydrogens (tertiary/aromatic N) is 3. The molecular formula is C21H27F6N3O6. The molecule has 0 radical (unpaired) electrons. The lowest BCUT2D eigenvalue weighted by Gasteiger charge is -2.41. The fourth-order valence-corrected chi connectivity index (χ4v) is 3.66. The molecule has 15 heteroatoms. The van der Waals surface area contributed by atoms with Crippen molar-refractivity contribution in [2.45, 2.75) is 24.9 Å². The van der Waals surface area contributed by atoms with Crippen molar-refractivity contribution < 1.29 is 56.0 Å². The van der Waals surface area contributed by atoms with Crippen LogP contribution >= 0.6 is 0 Å². The van der Waals surface area contributed by atoms with Gasteiger partial charge in [0.15, 0.2) is 0 Å². The van der Waals surface area contributed by atoms with Crippen LogP contribution in [0.4, 0.5) is 26.3 Å². The normalized spacial score (nSPS) is 21.5. The quantitative estimate of drug-likeness (QED) is 0.504. The van der Waals surface area contributed by atoms with Crippen LogP contribution in [0.15, 0.2) is 30.3 Å². The third kappa shape index (κ3) is 11.2. The molecule has 1 aromatic rings. The van der Waals surface area contributed by atoms with Crippen LogP contribution in [0.25, 0.3) is 0 Å². The number of carboxylic acid groups (broad SMARTS) is 3. The van der Waals surface area contributed by atoms with Crippen LogP contribution in [0.1, 0.15) is 5.56 Å². The Morgan fingerprint density at radius 3 is 1.78 bits per heavy atom. The van der Waals surface area contributed by atoms with E-state index in [0.717, 1.165) is 32.7 Å². The fourth-order valence-electron chi connectivity index (χ4n) is 3.66. The lowest BCUT2D eigenvalue weighted by molar-refractivity contribution is -0.193. The number of carboxylic acids is 3. The van der Waals surface area contributed by atoms with E-state index >= 15 is 0 Å². The van der Waals surface area contributed by atoms with Crippen molar-refractivity contribution in [3.63, 3.8) is 0 Å². The largest absolute Gasteiger partial charge is 0.490 e. The molecule has 0 bridgehead atoms. The van der Waals surface area contributed by atoms with Crippen LogP contribution in [0, 0.1) is 5.92 Å². The first-order valence-electron chi connectivity index (χ1n) is 10.5. The minimum Gasteiger partial charge on any atom is -0.481 e. The van der Waals surface area contributed by atoms with Crippen molar-refractivity contribution in [2.75, 3.05) is 46.3 Å². The van der Waals surface area contributed by atoms with E-state index in [1.165, 1.54) is 5.56 Å². The summed E-state index contributed by atoms with van der Waals surface area (Å²) < 4.78 is 63.5. The Morgan fingerprint density at radius 2 is 1.33 bits per heavy atom. The molecule has 2 aliphatic rings. The van der Waals surface area contributed by atoms with E-state index < -0.39 is 30.3 Å². The number of hydrogen-bond donors (Lipinski definition) is 3. The van der Waals surface area contributed by atoms with Gasteiger partial charge in [-0.2, -0.15) is 26.3 Å². The van der Waals surface area contributed by atoms with Crippen molar-refractivity contribution in [2.24, 2.45) is 5.92 Å². The number of carbonyl (C=O) groups is 3. The molecule has 0 amide bonds. The predicted molar refractivity (Wildman–Crippen MR) is 113 cm³/mol. The van der Waals surface area contributed by atoms with Crippen LogP contribution < -0.4 is 0 Å². The summed E-state index contributed by atoms with van der Waals surface area (Å²) in [5, 5.41) is 23.6. The summed E-state index contributed by atoms with van der Waals surface area (Å²) in [6.45, 7) is 6.28. The molecule has 0 aliphatic carbocycles. The second-order valence-corrected chi connectivity index (χ2v) is 8.23. The first-order valence-corrected chi connectivity index (χ1v) is 10.5. The fraction of sp³-hybridized carbons (Fsp3) is 0.571. The standard InChI is InChI=1S/C17H25N3O2.2C2HF3O2/c1-18-10-15(17(21)22)11-20-8-7-19(13-16(20)12-18)9-14-5-3-2-4-6-14;2*3-2(4,5)1(6)7/h2-6,15-16H,7-13H2,1H3,(H,21,22);2*(H,6,7). The highest BCUT2D eigenvalue weighted by Crippen LogP contribution is 2.19. The molecule has 0 saturated carbocycles. The molecule has 204 valence electrons. The summed E-state index contributed by atoms with van der Waals surface area (Å²) in [7, 11) is 2.04. The van der Waals surface area contributed by atoms with E-state index in [2.05, 4.69) is 39.0 Å². The number of benzene rings is 1. The molecule has 2 saturated heterocycles. The van der Waals surface area contributed by atoms with Crippen LogP contribution in [0.2, 0.25) is 0 Å². The monoisotopic (exact) mass is 531 g/mol. The molecule has 9 nitrogen and oxygen atoms in total. The van der Waals surface area contributed by atoms with Gasteiger partial charge >= 0.3 is 30.3 Å². The SMILES string of the molecule is CN1CC(C(=O)O)CN2CCN(Cc3ccccc3)CC2C1.O=C(O)C(F)(F)F.O=C(O)C(F)(F)F. The van der Waals surface area contributed by atoms with Gasteiger partial charge in [0.05, 0.1) is 5.92 Å². The highest BCUT2D eigenvalue weighted by atomic mass is 19.4. The Bertz CT molecular complexity index is 844. The molecule has 2 aliphatic heterocycles. The lowest BCUT2D eigenvalue weighted by atomic mass is 10.1. The maximum atomic E-state index is 11.4. The molecule has 3 rings (SSSR count). The predicted octanol–water partition coefficient (Wildman–Crippen LogP) is 2.09. The average molecular weight is 531 g/mol. The average Bonchev–Trinajstić information content (AvgIpc) is 2.92. The molecule has 0 spiro atoms. The van der Waals surface area contributed by atoms with E-state index in [9.17, 15) is 36.2 Å². The maximum absolute atomic E-state index is 11.4. The van der Waals surface area contributed by atoms with Gasteiger partial charge in [0.2, 0.25) is 0 Å². The van der Waals surface area contributed by atoms with Crippen LogP contribution in [-0.4, -0.2) is 113 Å². The van der Waals surface area contributed by atoms with Crippen molar-refractivity contribution in [1.82, 2.24) is 14.7 Å². The zero-order chi connectivity index (χ0) is 27.7. The molecule has 1 aromatic carbocycles. The Balaban J connectivity index is 0.000000383. The van der Waals surface area contributed by atoms with E-state index in [4.69, 9.17) is 19.8 Å². The number of likely N-dealkylation sites (N-methyl/N-ethyl adjacent to an activating group) is 1. The number of fused-ring (bicyclic) bond motifs is 1. The summed E-state index contributed by atoms with van der Waals surface area (Å²) >= 11 is 0. The Labute approximate surface area is 202 Å². The number of halogens is 6. The molecular weight excluding hydrogens is 504 g/mol. The van der Waals surface area contributed by atoms with Crippen molar-refractivity contribution >= 4 is 17.9 Å². The molecule has 0 aromatic heterocycles. The minimum atomic E-state index is -5.08. The molecule has 2 heterocycles. The minimum absolute atomic E-state index is 0.268. The van der Waals surface area contributed by atoms with Crippen molar-refractivity contribution in [3.8, 4) is 0 Å². The summed E-state index contributed by atoms with van der Waals surface area (Å²) in [6.07, 6.45) is -10.2. The van der Waals surface area contributed by atoms with E-state index in [0.29, 0.717) is 19.1 Å². The maximum Gasteiger partial charge on any atom is 0.490 e. The molecule has 2 unspecified atom stereocenters. The Hall–Kier alpha value is -2.91. The third-order valence-corrected chi connectivity index (χ3v) is 5.28. The highest BCUT2D eigenvalue weighted by molar-refractivity contribution is 5.73. The molecule has 3 N–H and O–H groups in total. The second kappa shape index (κ2) is 13.4. The zero-order valence-corrected chi connectivity index (χ0v) is 19.2. The first-order chi connectivity index (χ1) is 16.5. The number of piperazine rings is 1. The summed E-state index contributed by atoms with van der Waals surface area (Å²) in [5.41, 5.74) is 1.35. The van der Waals surface area contributed by atoms with Gasteiger partial charge in [0.1, 0.15) is 0 Å². The van der Waals surface area contributed by atoms with Crippen LogP contribution in [-0.2, 0) is 20.9 Å². The van der Waals surface area contributed by atoms with E-state index in [1.807, 2.05) is 13.1 Å². The zero-order valence-electron chi connectivity index (χ0n) is 19.2. The number of aliphatic carboxylic acids is 3. The summed E-state index contributed by atoms with van der Waals surface area (Å²) in [5.74, 6) is -6.45. The van der Waals surface area contributed by atoms with Gasteiger partial charge in [-0.15, -0.1) is 0 Å². The van der Waals surface area contributed by atoms with Gasteiger partial charge in [0.25, 0.3) is 0 Å². The van der Waals surface area contributed by atoms with Gasteiger partial charge in [0, 0.05) is 51.9 Å². The number of hydrogen-bond acceptors (Lipinski definition) is 6. The summed E-state index contributed by atoms with van der Waals surface area (Å²) in [4.78, 5) is 36.2. The number of alkyl halides is 6. The first kappa shape index (κ1) is 31.1. The Kier molecular flexibility index (Phi) is 11.6. The van der Waals surface area contributed by atoms with Gasteiger partial charge < -0.3 is 20.2 Å². The highest BCUT2D eigenvalue weighted by Gasteiger charge is 2.39. The van der Waals surface area contributed by atoms with Gasteiger partial charge in [-0.05, 0) is 12.6 Å². The van der Waals surface area contributed by atoms with Crippen molar-refractivity contribution in [3.05, 3.63) is 35.9 Å². The third-order valence-electron chi connectivity index (χ3n) is 5.28. The van der Waals surface area contributed by atoms with E-state index in [-0.39, 0.29) is 5.92 Å². The topological polar surface area (TPSA) is 122 Å². The molecule has 2 fully saturated rings. The lowest BCUT2D eigenvalue weighted by Crippen LogP contribution is -2.55. The molecule has 36 heavy (non-hydrogen) atoms. The van der Waals surface area contributed by atoms with Gasteiger partial charge in [-0.3, -0.25) is 14.6 Å². The molecule has 2 atom stereocenters. The van der Waals surface area contributed by atoms with Crippen LogP contribution in [0.3, 0.4) is 0 Å². The van der Waals surface area contributed by atoms with E-state index in [1.54, 1.807) is 0 Å². The number of rotatable bonds is 3. The van der Waals surface area contributed by atoms with Gasteiger partial charge in [-0.1, -0.05) is 30.3 Å². The smallest absolute Gasteiger partial charge is 0.481 e. The Morgan fingerprint density at radius 1 is 0.833 bits per heavy atom.